The number of carbonyl (C=O) groups excluding carboxylic acids is 2. The van der Waals surface area contributed by atoms with Crippen LogP contribution in [0.5, 0.6) is 0 Å². The van der Waals surface area contributed by atoms with Crippen LogP contribution >= 0.6 is 0 Å². The number of pyridine rings is 1. The highest BCUT2D eigenvalue weighted by atomic mass is 16.5. The van der Waals surface area contributed by atoms with E-state index in [2.05, 4.69) is 34.0 Å². The zero-order chi connectivity index (χ0) is 19.5. The lowest BCUT2D eigenvalue weighted by Gasteiger charge is -2.25. The summed E-state index contributed by atoms with van der Waals surface area (Å²) in [5, 5.41) is 5.58. The SMILES string of the molecule is C=C1CNCC[C@@H]1OCC#Cc1cccn2c(N3CCC(=O)NC3=O)cnc12. The van der Waals surface area contributed by atoms with Gasteiger partial charge in [-0.05, 0) is 30.7 Å². The van der Waals surface area contributed by atoms with E-state index in [-0.39, 0.29) is 18.4 Å². The predicted octanol–water partition coefficient (Wildman–Crippen LogP) is 1.07. The molecule has 28 heavy (non-hydrogen) atoms. The number of rotatable bonds is 3. The summed E-state index contributed by atoms with van der Waals surface area (Å²) in [5.74, 6) is 6.48. The number of amides is 3. The number of nitrogens with zero attached hydrogens (tertiary/aromatic N) is 3. The van der Waals surface area contributed by atoms with Crippen molar-refractivity contribution in [3.63, 3.8) is 0 Å². The van der Waals surface area contributed by atoms with E-state index < -0.39 is 6.03 Å². The Morgan fingerprint density at radius 2 is 2.29 bits per heavy atom. The molecular weight excluding hydrogens is 358 g/mol. The second kappa shape index (κ2) is 7.84. The van der Waals surface area contributed by atoms with Gasteiger partial charge in [0.05, 0.1) is 17.9 Å². The summed E-state index contributed by atoms with van der Waals surface area (Å²) >= 11 is 0. The zero-order valence-corrected chi connectivity index (χ0v) is 15.4. The molecule has 2 fully saturated rings. The number of piperidine rings is 1. The minimum absolute atomic E-state index is 0.0460. The third-order valence-corrected chi connectivity index (χ3v) is 4.82. The molecule has 0 saturated carbocycles. The average Bonchev–Trinajstić information content (AvgIpc) is 3.11. The molecule has 144 valence electrons. The van der Waals surface area contributed by atoms with Gasteiger partial charge in [-0.2, -0.15) is 0 Å². The molecule has 0 radical (unpaired) electrons. The number of urea groups is 1. The molecule has 4 heterocycles. The molecule has 2 aliphatic rings. The second-order valence-corrected chi connectivity index (χ2v) is 6.71. The van der Waals surface area contributed by atoms with Gasteiger partial charge < -0.3 is 10.1 Å². The molecule has 4 rings (SSSR count). The lowest BCUT2D eigenvalue weighted by Crippen LogP contribution is -2.50. The molecule has 0 aliphatic carbocycles. The summed E-state index contributed by atoms with van der Waals surface area (Å²) in [5.41, 5.74) is 2.45. The maximum atomic E-state index is 12.1. The number of imide groups is 1. The Kier molecular flexibility index (Phi) is 5.10. The van der Waals surface area contributed by atoms with Gasteiger partial charge in [0.25, 0.3) is 0 Å². The van der Waals surface area contributed by atoms with Crippen LogP contribution in [-0.4, -0.2) is 53.7 Å². The van der Waals surface area contributed by atoms with Gasteiger partial charge in [-0.25, -0.2) is 9.78 Å². The van der Waals surface area contributed by atoms with E-state index >= 15 is 0 Å². The molecule has 8 nitrogen and oxygen atoms in total. The first kappa shape index (κ1) is 18.2. The summed E-state index contributed by atoms with van der Waals surface area (Å²) in [6, 6.07) is 3.29. The highest BCUT2D eigenvalue weighted by Gasteiger charge is 2.26. The van der Waals surface area contributed by atoms with E-state index in [1.165, 1.54) is 4.90 Å². The third kappa shape index (κ3) is 3.63. The van der Waals surface area contributed by atoms with E-state index in [1.54, 1.807) is 10.6 Å². The molecule has 2 aromatic rings. The Morgan fingerprint density at radius 3 is 3.11 bits per heavy atom. The highest BCUT2D eigenvalue weighted by molar-refractivity contribution is 6.05. The number of ether oxygens (including phenoxy) is 1. The fraction of sp³-hybridized carbons (Fsp3) is 0.350. The second-order valence-electron chi connectivity index (χ2n) is 6.71. The van der Waals surface area contributed by atoms with Crippen molar-refractivity contribution in [3.8, 4) is 11.8 Å². The van der Waals surface area contributed by atoms with Gasteiger partial charge in [0.2, 0.25) is 5.91 Å². The highest BCUT2D eigenvalue weighted by Crippen LogP contribution is 2.21. The fourth-order valence-electron chi connectivity index (χ4n) is 3.35. The Labute approximate surface area is 162 Å². The normalized spacial score (nSPS) is 20.1. The number of hydrogen-bond acceptors (Lipinski definition) is 5. The summed E-state index contributed by atoms with van der Waals surface area (Å²) in [7, 11) is 0. The predicted molar refractivity (Wildman–Crippen MR) is 104 cm³/mol. The number of hydrogen-bond donors (Lipinski definition) is 2. The molecular formula is C20H21N5O3. The topological polar surface area (TPSA) is 88.0 Å². The molecule has 0 spiro atoms. The fourth-order valence-corrected chi connectivity index (χ4v) is 3.35. The van der Waals surface area contributed by atoms with Crippen LogP contribution in [0.3, 0.4) is 0 Å². The molecule has 0 aromatic carbocycles. The number of imidazole rings is 1. The number of nitrogens with one attached hydrogen (secondary N) is 2. The minimum atomic E-state index is -0.440. The number of aromatic nitrogens is 2. The van der Waals surface area contributed by atoms with Crippen molar-refractivity contribution in [2.24, 2.45) is 0 Å². The van der Waals surface area contributed by atoms with E-state index in [1.807, 2.05) is 18.3 Å². The number of anilines is 1. The van der Waals surface area contributed by atoms with Gasteiger partial charge in [0.1, 0.15) is 12.4 Å². The van der Waals surface area contributed by atoms with Gasteiger partial charge in [-0.15, -0.1) is 0 Å². The van der Waals surface area contributed by atoms with Crippen LogP contribution in [0.25, 0.3) is 5.65 Å². The Morgan fingerprint density at radius 1 is 1.39 bits per heavy atom. The summed E-state index contributed by atoms with van der Waals surface area (Å²) in [6.45, 7) is 6.36. The first-order chi connectivity index (χ1) is 13.6. The molecule has 8 heteroatoms. The number of fused-ring (bicyclic) bond motifs is 1. The standard InChI is InChI=1S/C20H21N5O3/c1-14-12-21-8-6-16(14)28-11-3-5-15-4-2-9-24-18(13-22-19(15)24)25-10-7-17(26)23-20(25)27/h2,4,9,13,16,21H,1,6-8,10-12H2,(H,23,26,27)/t16-/m0/s1. The van der Waals surface area contributed by atoms with Crippen molar-refractivity contribution in [3.05, 3.63) is 42.2 Å². The Hall–Kier alpha value is -3.15. The molecule has 2 saturated heterocycles. The van der Waals surface area contributed by atoms with Gasteiger partial charge in [0, 0.05) is 25.7 Å². The first-order valence-electron chi connectivity index (χ1n) is 9.20. The van der Waals surface area contributed by atoms with Crippen LogP contribution in [-0.2, 0) is 9.53 Å². The monoisotopic (exact) mass is 379 g/mol. The van der Waals surface area contributed by atoms with Crippen molar-refractivity contribution < 1.29 is 14.3 Å². The van der Waals surface area contributed by atoms with Crippen molar-refractivity contribution in [1.29, 1.82) is 0 Å². The molecule has 2 N–H and O–H groups in total. The Balaban J connectivity index is 1.50. The summed E-state index contributed by atoms with van der Waals surface area (Å²) in [6.07, 6.45) is 4.65. The van der Waals surface area contributed by atoms with Crippen molar-refractivity contribution in [2.45, 2.75) is 18.9 Å². The third-order valence-electron chi connectivity index (χ3n) is 4.82. The van der Waals surface area contributed by atoms with Crippen LogP contribution in [0.4, 0.5) is 10.6 Å². The maximum Gasteiger partial charge on any atom is 0.329 e. The van der Waals surface area contributed by atoms with Gasteiger partial charge in [-0.1, -0.05) is 18.4 Å². The first-order valence-corrected chi connectivity index (χ1v) is 9.20. The molecule has 3 amide bonds. The zero-order valence-electron chi connectivity index (χ0n) is 15.4. The molecule has 1 atom stereocenters. The maximum absolute atomic E-state index is 12.1. The smallest absolute Gasteiger partial charge is 0.329 e. The van der Waals surface area contributed by atoms with Crippen LogP contribution in [0, 0.1) is 11.8 Å². The van der Waals surface area contributed by atoms with Crippen molar-refractivity contribution in [2.75, 3.05) is 31.1 Å². The molecule has 2 aliphatic heterocycles. The summed E-state index contributed by atoms with van der Waals surface area (Å²) in [4.78, 5) is 29.4. The molecule has 2 aromatic heterocycles. The van der Waals surface area contributed by atoms with Crippen molar-refractivity contribution in [1.82, 2.24) is 20.0 Å². The largest absolute Gasteiger partial charge is 0.361 e. The van der Waals surface area contributed by atoms with Crippen LogP contribution in [0.2, 0.25) is 0 Å². The Bertz CT molecular complexity index is 1000. The average molecular weight is 379 g/mol. The van der Waals surface area contributed by atoms with Crippen LogP contribution < -0.4 is 15.5 Å². The minimum Gasteiger partial charge on any atom is -0.361 e. The van der Waals surface area contributed by atoms with Gasteiger partial charge in [0.15, 0.2) is 5.65 Å². The quantitative estimate of drug-likeness (QED) is 0.615. The summed E-state index contributed by atoms with van der Waals surface area (Å²) < 4.78 is 7.62. The molecule has 0 bridgehead atoms. The van der Waals surface area contributed by atoms with Crippen LogP contribution in [0.1, 0.15) is 18.4 Å². The van der Waals surface area contributed by atoms with Gasteiger partial charge in [-0.3, -0.25) is 19.4 Å². The van der Waals surface area contributed by atoms with Crippen molar-refractivity contribution >= 4 is 23.4 Å². The lowest BCUT2D eigenvalue weighted by atomic mass is 10.1. The molecule has 0 unspecified atom stereocenters. The van der Waals surface area contributed by atoms with Gasteiger partial charge >= 0.3 is 6.03 Å². The van der Waals surface area contributed by atoms with E-state index in [9.17, 15) is 9.59 Å². The number of carbonyl (C=O) groups is 2. The van der Waals surface area contributed by atoms with E-state index in [0.29, 0.717) is 24.6 Å². The van der Waals surface area contributed by atoms with E-state index in [4.69, 9.17) is 4.74 Å². The van der Waals surface area contributed by atoms with Crippen LogP contribution in [0.15, 0.2) is 36.7 Å². The lowest BCUT2D eigenvalue weighted by molar-refractivity contribution is -0.120. The van der Waals surface area contributed by atoms with E-state index in [0.717, 1.165) is 30.6 Å².